The molecule has 25 heavy (non-hydrogen) atoms. The summed E-state index contributed by atoms with van der Waals surface area (Å²) >= 11 is 0. The Hall–Kier alpha value is -3.74. The van der Waals surface area contributed by atoms with Crippen molar-refractivity contribution in [2.45, 2.75) is 0 Å². The first kappa shape index (κ1) is 14.8. The van der Waals surface area contributed by atoms with Crippen LogP contribution in [0.1, 0.15) is 0 Å². The molecule has 4 aromatic rings. The summed E-state index contributed by atoms with van der Waals surface area (Å²) in [5.41, 5.74) is 16.0. The fraction of sp³-hybridized carbons (Fsp3) is 0. The molecule has 0 aliphatic carbocycles. The number of hydrogen-bond donors (Lipinski definition) is 2. The summed E-state index contributed by atoms with van der Waals surface area (Å²) in [7, 11) is 0. The second-order valence-electron chi connectivity index (χ2n) is 5.47. The Morgan fingerprint density at radius 2 is 1.48 bits per heavy atom. The third-order valence-corrected chi connectivity index (χ3v) is 3.69. The van der Waals surface area contributed by atoms with Crippen molar-refractivity contribution in [3.8, 4) is 28.3 Å². The number of nitrogens with zero attached hydrogens (tertiary/aromatic N) is 5. The number of nitrogens with two attached hydrogens (primary N) is 2. The van der Waals surface area contributed by atoms with Crippen LogP contribution in [0.25, 0.3) is 28.3 Å². The molecule has 0 saturated heterocycles. The first-order valence-corrected chi connectivity index (χ1v) is 7.68. The molecule has 4 rings (SSSR count). The summed E-state index contributed by atoms with van der Waals surface area (Å²) in [5, 5.41) is 8.77. The summed E-state index contributed by atoms with van der Waals surface area (Å²) in [6, 6.07) is 18.9. The highest BCUT2D eigenvalue weighted by molar-refractivity contribution is 5.68. The first-order chi connectivity index (χ1) is 12.2. The SMILES string of the molecule is Nc1ccc(-c2cc(-c3cnn(-c4ccccc4)n3)nc(N)n2)cc1. The Bertz CT molecular complexity index is 1010. The van der Waals surface area contributed by atoms with Gasteiger partial charge in [-0.05, 0) is 30.3 Å². The van der Waals surface area contributed by atoms with Gasteiger partial charge in [0.25, 0.3) is 0 Å². The Morgan fingerprint density at radius 1 is 0.760 bits per heavy atom. The quantitative estimate of drug-likeness (QED) is 0.559. The van der Waals surface area contributed by atoms with Gasteiger partial charge in [0, 0.05) is 11.3 Å². The van der Waals surface area contributed by atoms with E-state index < -0.39 is 0 Å². The van der Waals surface area contributed by atoms with Gasteiger partial charge in [0.15, 0.2) is 0 Å². The second kappa shape index (κ2) is 6.04. The van der Waals surface area contributed by atoms with Crippen LogP contribution in [0.15, 0.2) is 66.9 Å². The van der Waals surface area contributed by atoms with Crippen molar-refractivity contribution < 1.29 is 0 Å². The zero-order valence-electron chi connectivity index (χ0n) is 13.2. The van der Waals surface area contributed by atoms with E-state index in [0.29, 0.717) is 22.8 Å². The van der Waals surface area contributed by atoms with E-state index in [-0.39, 0.29) is 5.95 Å². The minimum absolute atomic E-state index is 0.179. The average Bonchev–Trinajstić information content (AvgIpc) is 3.13. The largest absolute Gasteiger partial charge is 0.399 e. The fourth-order valence-electron chi connectivity index (χ4n) is 2.47. The number of aromatic nitrogens is 5. The predicted molar refractivity (Wildman–Crippen MR) is 96.6 cm³/mol. The molecule has 2 heterocycles. The van der Waals surface area contributed by atoms with Crippen molar-refractivity contribution >= 4 is 11.6 Å². The predicted octanol–water partition coefficient (Wildman–Crippen LogP) is 2.56. The topological polar surface area (TPSA) is 109 Å². The van der Waals surface area contributed by atoms with Crippen molar-refractivity contribution in [3.05, 3.63) is 66.9 Å². The molecule has 0 aliphatic heterocycles. The molecule has 7 heteroatoms. The standard InChI is InChI=1S/C18H15N7/c19-13-8-6-12(7-9-13)15-10-16(23-18(20)22-15)17-11-21-25(24-17)14-4-2-1-3-5-14/h1-11H,19H2,(H2,20,22,23). The number of para-hydroxylation sites is 1. The fourth-order valence-corrected chi connectivity index (χ4v) is 2.47. The van der Waals surface area contributed by atoms with Crippen LogP contribution in [0.2, 0.25) is 0 Å². The van der Waals surface area contributed by atoms with Gasteiger partial charge in [-0.3, -0.25) is 0 Å². The molecule has 7 nitrogen and oxygen atoms in total. The zero-order chi connectivity index (χ0) is 17.2. The summed E-state index contributed by atoms with van der Waals surface area (Å²) in [4.78, 5) is 10.1. The molecular formula is C18H15N7. The molecule has 4 N–H and O–H groups in total. The summed E-state index contributed by atoms with van der Waals surface area (Å²) in [5.74, 6) is 0.179. The Kier molecular flexibility index (Phi) is 3.59. The van der Waals surface area contributed by atoms with Gasteiger partial charge in [0.05, 0.1) is 23.3 Å². The van der Waals surface area contributed by atoms with Crippen molar-refractivity contribution in [2.24, 2.45) is 0 Å². The molecule has 0 unspecified atom stereocenters. The number of nitrogen functional groups attached to an aromatic ring is 2. The number of anilines is 2. The molecule has 0 spiro atoms. The number of rotatable bonds is 3. The van der Waals surface area contributed by atoms with Gasteiger partial charge in [-0.25, -0.2) is 9.97 Å². The van der Waals surface area contributed by atoms with Crippen LogP contribution in [0.3, 0.4) is 0 Å². The van der Waals surface area contributed by atoms with E-state index in [1.54, 1.807) is 11.0 Å². The van der Waals surface area contributed by atoms with Gasteiger partial charge < -0.3 is 11.5 Å². The lowest BCUT2D eigenvalue weighted by atomic mass is 10.1. The summed E-state index contributed by atoms with van der Waals surface area (Å²) in [6.45, 7) is 0. The van der Waals surface area contributed by atoms with Crippen LogP contribution >= 0.6 is 0 Å². The minimum Gasteiger partial charge on any atom is -0.399 e. The molecule has 0 bridgehead atoms. The van der Waals surface area contributed by atoms with Crippen LogP contribution < -0.4 is 11.5 Å². The normalized spacial score (nSPS) is 10.7. The van der Waals surface area contributed by atoms with E-state index in [1.165, 1.54) is 0 Å². The van der Waals surface area contributed by atoms with Crippen molar-refractivity contribution in [1.29, 1.82) is 0 Å². The lowest BCUT2D eigenvalue weighted by molar-refractivity contribution is 0.753. The molecule has 0 atom stereocenters. The van der Waals surface area contributed by atoms with E-state index >= 15 is 0 Å². The Balaban J connectivity index is 1.74. The maximum absolute atomic E-state index is 5.88. The average molecular weight is 329 g/mol. The van der Waals surface area contributed by atoms with E-state index in [4.69, 9.17) is 11.5 Å². The number of benzene rings is 2. The van der Waals surface area contributed by atoms with Crippen LogP contribution in [-0.2, 0) is 0 Å². The van der Waals surface area contributed by atoms with Gasteiger partial charge in [-0.1, -0.05) is 30.3 Å². The van der Waals surface area contributed by atoms with Crippen molar-refractivity contribution in [3.63, 3.8) is 0 Å². The molecule has 0 saturated carbocycles. The van der Waals surface area contributed by atoms with E-state index in [1.807, 2.05) is 60.7 Å². The summed E-state index contributed by atoms with van der Waals surface area (Å²) < 4.78 is 0. The highest BCUT2D eigenvalue weighted by Gasteiger charge is 2.11. The molecule has 2 aromatic heterocycles. The third-order valence-electron chi connectivity index (χ3n) is 3.69. The maximum Gasteiger partial charge on any atom is 0.221 e. The maximum atomic E-state index is 5.88. The molecule has 2 aromatic carbocycles. The monoisotopic (exact) mass is 329 g/mol. The molecular weight excluding hydrogens is 314 g/mol. The Labute approximate surface area is 144 Å². The van der Waals surface area contributed by atoms with E-state index in [0.717, 1.165) is 11.3 Å². The highest BCUT2D eigenvalue weighted by Crippen LogP contribution is 2.24. The van der Waals surface area contributed by atoms with Crippen LogP contribution in [0.5, 0.6) is 0 Å². The van der Waals surface area contributed by atoms with Crippen molar-refractivity contribution in [1.82, 2.24) is 25.0 Å². The lowest BCUT2D eigenvalue weighted by Crippen LogP contribution is -2.00. The third kappa shape index (κ3) is 3.02. The van der Waals surface area contributed by atoms with Crippen LogP contribution in [-0.4, -0.2) is 25.0 Å². The Morgan fingerprint density at radius 3 is 2.24 bits per heavy atom. The van der Waals surface area contributed by atoms with E-state index in [9.17, 15) is 0 Å². The second-order valence-corrected chi connectivity index (χ2v) is 5.47. The van der Waals surface area contributed by atoms with Crippen LogP contribution in [0, 0.1) is 0 Å². The van der Waals surface area contributed by atoms with Gasteiger partial charge >= 0.3 is 0 Å². The first-order valence-electron chi connectivity index (χ1n) is 7.68. The summed E-state index contributed by atoms with van der Waals surface area (Å²) in [6.07, 6.45) is 1.65. The van der Waals surface area contributed by atoms with Gasteiger partial charge in [-0.2, -0.15) is 9.90 Å². The molecule has 0 aliphatic rings. The molecule has 0 radical (unpaired) electrons. The molecule has 0 fully saturated rings. The number of hydrogen-bond acceptors (Lipinski definition) is 6. The lowest BCUT2D eigenvalue weighted by Gasteiger charge is -2.05. The van der Waals surface area contributed by atoms with E-state index in [2.05, 4.69) is 20.2 Å². The molecule has 0 amide bonds. The van der Waals surface area contributed by atoms with Gasteiger partial charge in [-0.15, -0.1) is 5.10 Å². The molecule has 122 valence electrons. The zero-order valence-corrected chi connectivity index (χ0v) is 13.2. The smallest absolute Gasteiger partial charge is 0.221 e. The van der Waals surface area contributed by atoms with Crippen molar-refractivity contribution in [2.75, 3.05) is 11.5 Å². The van der Waals surface area contributed by atoms with Crippen LogP contribution in [0.4, 0.5) is 11.6 Å². The minimum atomic E-state index is 0.179. The highest BCUT2D eigenvalue weighted by atomic mass is 15.5. The van der Waals surface area contributed by atoms with Gasteiger partial charge in [0.2, 0.25) is 5.95 Å². The van der Waals surface area contributed by atoms with Gasteiger partial charge in [0.1, 0.15) is 5.69 Å².